The minimum absolute atomic E-state index is 0.0758. The molecule has 0 bridgehead atoms. The van der Waals surface area contributed by atoms with Crippen molar-refractivity contribution in [3.8, 4) is 11.5 Å². The zero-order valence-corrected chi connectivity index (χ0v) is 17.0. The molecule has 0 spiro atoms. The lowest BCUT2D eigenvalue weighted by Gasteiger charge is -2.13. The van der Waals surface area contributed by atoms with Gasteiger partial charge < -0.3 is 18.6 Å². The normalized spacial score (nSPS) is 12.8. The number of hydrogen-bond donors (Lipinski definition) is 0. The molecule has 4 rings (SSSR count). The molecule has 9 nitrogen and oxygen atoms in total. The van der Waals surface area contributed by atoms with Crippen LogP contribution in [0.2, 0.25) is 5.02 Å². The first-order valence-electron chi connectivity index (χ1n) is 9.06. The Morgan fingerprint density at radius 1 is 1.24 bits per heavy atom. The van der Waals surface area contributed by atoms with Crippen LogP contribution in [0.1, 0.15) is 18.7 Å². The van der Waals surface area contributed by atoms with E-state index in [0.717, 1.165) is 5.52 Å². The lowest BCUT2D eigenvalue weighted by atomic mass is 10.2. The summed E-state index contributed by atoms with van der Waals surface area (Å²) in [5, 5.41) is 4.50. The highest BCUT2D eigenvalue weighted by atomic mass is 35.5. The molecule has 3 aromatic heterocycles. The number of hydrogen-bond acceptors (Lipinski definition) is 7. The van der Waals surface area contributed by atoms with Crippen LogP contribution in [-0.4, -0.2) is 51.5 Å². The number of para-hydroxylation sites is 1. The SMILES string of the molecule is COCCn1c(=O)c2c(-c3noc(C(C)COC)n3)ncn2c2cccc(Cl)c21. The largest absolute Gasteiger partial charge is 0.384 e. The van der Waals surface area contributed by atoms with Gasteiger partial charge in [-0.1, -0.05) is 29.7 Å². The van der Waals surface area contributed by atoms with Crippen molar-refractivity contribution >= 4 is 28.2 Å². The Balaban J connectivity index is 1.96. The standard InChI is InChI=1S/C19H20ClN5O4/c1-11(9-28-3)18-22-17(23-29-18)14-16-19(26)24(7-8-27-2)15-12(20)5-4-6-13(15)25(16)10-21-14/h4-6,10-11H,7-9H2,1-3H3. The minimum atomic E-state index is -0.258. The Hall–Kier alpha value is -2.75. The van der Waals surface area contributed by atoms with Gasteiger partial charge in [-0.3, -0.25) is 9.20 Å². The third-order valence-corrected chi connectivity index (χ3v) is 5.03. The summed E-state index contributed by atoms with van der Waals surface area (Å²) in [6.07, 6.45) is 1.57. The number of nitrogens with zero attached hydrogens (tertiary/aromatic N) is 5. The first kappa shape index (κ1) is 19.6. The molecule has 29 heavy (non-hydrogen) atoms. The van der Waals surface area contributed by atoms with Gasteiger partial charge in [0.15, 0.2) is 0 Å². The summed E-state index contributed by atoms with van der Waals surface area (Å²) in [7, 11) is 3.19. The lowest BCUT2D eigenvalue weighted by molar-refractivity contribution is 0.170. The van der Waals surface area contributed by atoms with E-state index in [1.54, 1.807) is 35.6 Å². The number of halogens is 1. The number of fused-ring (bicyclic) bond motifs is 3. The van der Waals surface area contributed by atoms with Gasteiger partial charge in [-0.25, -0.2) is 4.98 Å². The number of rotatable bonds is 7. The van der Waals surface area contributed by atoms with Crippen LogP contribution < -0.4 is 5.56 Å². The number of methoxy groups -OCH3 is 2. The maximum absolute atomic E-state index is 13.4. The van der Waals surface area contributed by atoms with Crippen molar-refractivity contribution in [3.63, 3.8) is 0 Å². The maximum atomic E-state index is 13.4. The van der Waals surface area contributed by atoms with Crippen molar-refractivity contribution in [2.24, 2.45) is 0 Å². The zero-order chi connectivity index (χ0) is 20.5. The molecule has 0 radical (unpaired) electrons. The molecule has 4 aromatic rings. The van der Waals surface area contributed by atoms with Crippen molar-refractivity contribution in [1.82, 2.24) is 24.1 Å². The van der Waals surface area contributed by atoms with E-state index in [2.05, 4.69) is 15.1 Å². The molecule has 0 aliphatic carbocycles. The second-order valence-corrected chi connectivity index (χ2v) is 7.09. The minimum Gasteiger partial charge on any atom is -0.384 e. The highest BCUT2D eigenvalue weighted by Crippen LogP contribution is 2.27. The molecule has 0 amide bonds. The summed E-state index contributed by atoms with van der Waals surface area (Å²) in [6.45, 7) is 3.07. The lowest BCUT2D eigenvalue weighted by Crippen LogP contribution is -2.25. The summed E-state index contributed by atoms with van der Waals surface area (Å²) in [6, 6.07) is 5.46. The first-order chi connectivity index (χ1) is 14.1. The van der Waals surface area contributed by atoms with Crippen LogP contribution in [0.4, 0.5) is 0 Å². The fourth-order valence-corrected chi connectivity index (χ4v) is 3.61. The Kier molecular flexibility index (Phi) is 5.35. The van der Waals surface area contributed by atoms with Crippen LogP contribution in [0.25, 0.3) is 28.1 Å². The molecule has 1 unspecified atom stereocenters. The Bertz CT molecular complexity index is 1230. The average Bonchev–Trinajstić information content (AvgIpc) is 3.36. The zero-order valence-electron chi connectivity index (χ0n) is 16.3. The molecule has 152 valence electrons. The molecular weight excluding hydrogens is 398 g/mol. The smallest absolute Gasteiger partial charge is 0.277 e. The van der Waals surface area contributed by atoms with E-state index in [4.69, 9.17) is 25.6 Å². The van der Waals surface area contributed by atoms with Gasteiger partial charge in [-0.15, -0.1) is 0 Å². The molecule has 0 saturated heterocycles. The molecule has 0 N–H and O–H groups in total. The molecule has 3 heterocycles. The predicted octanol–water partition coefficient (Wildman–Crippen LogP) is 2.75. The summed E-state index contributed by atoms with van der Waals surface area (Å²) in [4.78, 5) is 22.2. The van der Waals surface area contributed by atoms with Gasteiger partial charge >= 0.3 is 0 Å². The number of imidazole rings is 1. The summed E-state index contributed by atoms with van der Waals surface area (Å²) in [5.74, 6) is 0.599. The molecular formula is C19H20ClN5O4. The van der Waals surface area contributed by atoms with E-state index in [0.29, 0.717) is 47.4 Å². The molecule has 0 fully saturated rings. The van der Waals surface area contributed by atoms with E-state index >= 15 is 0 Å². The number of aromatic nitrogens is 5. The fraction of sp³-hybridized carbons (Fsp3) is 0.368. The second kappa shape index (κ2) is 7.94. The van der Waals surface area contributed by atoms with Gasteiger partial charge in [-0.05, 0) is 12.1 Å². The quantitative estimate of drug-likeness (QED) is 0.456. The number of ether oxygens (including phenoxy) is 2. The molecule has 10 heteroatoms. The topological polar surface area (TPSA) is 96.7 Å². The summed E-state index contributed by atoms with van der Waals surface area (Å²) in [5.41, 5.74) is 1.81. The predicted molar refractivity (Wildman–Crippen MR) is 107 cm³/mol. The van der Waals surface area contributed by atoms with Crippen LogP contribution in [-0.2, 0) is 16.0 Å². The van der Waals surface area contributed by atoms with Crippen LogP contribution in [0.15, 0.2) is 33.8 Å². The van der Waals surface area contributed by atoms with E-state index in [-0.39, 0.29) is 17.3 Å². The Labute approximate surface area is 170 Å². The Morgan fingerprint density at radius 3 is 2.83 bits per heavy atom. The van der Waals surface area contributed by atoms with Crippen LogP contribution in [0.5, 0.6) is 0 Å². The molecule has 0 aliphatic rings. The van der Waals surface area contributed by atoms with Gasteiger partial charge in [0.25, 0.3) is 5.56 Å². The van der Waals surface area contributed by atoms with Crippen molar-refractivity contribution in [3.05, 3.63) is 45.8 Å². The highest BCUT2D eigenvalue weighted by molar-refractivity contribution is 6.35. The van der Waals surface area contributed by atoms with Crippen molar-refractivity contribution < 1.29 is 14.0 Å². The van der Waals surface area contributed by atoms with Crippen LogP contribution >= 0.6 is 11.6 Å². The molecule has 0 saturated carbocycles. The fourth-order valence-electron chi connectivity index (χ4n) is 3.34. The maximum Gasteiger partial charge on any atom is 0.277 e. The van der Waals surface area contributed by atoms with Crippen LogP contribution in [0.3, 0.4) is 0 Å². The number of benzene rings is 1. The average molecular weight is 418 g/mol. The van der Waals surface area contributed by atoms with Gasteiger partial charge in [-0.2, -0.15) is 4.98 Å². The van der Waals surface area contributed by atoms with Gasteiger partial charge in [0.1, 0.15) is 17.5 Å². The third kappa shape index (κ3) is 3.31. The Morgan fingerprint density at radius 2 is 2.07 bits per heavy atom. The van der Waals surface area contributed by atoms with E-state index in [9.17, 15) is 4.79 Å². The molecule has 1 atom stereocenters. The van der Waals surface area contributed by atoms with Crippen LogP contribution in [0, 0.1) is 0 Å². The van der Waals surface area contributed by atoms with Gasteiger partial charge in [0, 0.05) is 20.8 Å². The molecule has 1 aromatic carbocycles. The van der Waals surface area contributed by atoms with Gasteiger partial charge in [0.2, 0.25) is 11.7 Å². The molecule has 0 aliphatic heterocycles. The second-order valence-electron chi connectivity index (χ2n) is 6.68. The van der Waals surface area contributed by atoms with Gasteiger partial charge in [0.05, 0.1) is 35.2 Å². The first-order valence-corrected chi connectivity index (χ1v) is 9.44. The van der Waals surface area contributed by atoms with Crippen molar-refractivity contribution in [2.45, 2.75) is 19.4 Å². The summed E-state index contributed by atoms with van der Waals surface area (Å²) >= 11 is 6.42. The third-order valence-electron chi connectivity index (χ3n) is 4.72. The van der Waals surface area contributed by atoms with E-state index in [1.165, 1.54) is 0 Å². The summed E-state index contributed by atoms with van der Waals surface area (Å²) < 4.78 is 19.0. The van der Waals surface area contributed by atoms with Crippen molar-refractivity contribution in [2.75, 3.05) is 27.4 Å². The highest BCUT2D eigenvalue weighted by Gasteiger charge is 2.22. The van der Waals surface area contributed by atoms with E-state index < -0.39 is 0 Å². The monoisotopic (exact) mass is 417 g/mol. The van der Waals surface area contributed by atoms with E-state index in [1.807, 2.05) is 19.1 Å². The van der Waals surface area contributed by atoms with Crippen molar-refractivity contribution in [1.29, 1.82) is 0 Å².